The van der Waals surface area contributed by atoms with Crippen molar-refractivity contribution in [2.24, 2.45) is 0 Å². The summed E-state index contributed by atoms with van der Waals surface area (Å²) in [5.41, 5.74) is -2.01. The molecule has 1 aromatic carbocycles. The van der Waals surface area contributed by atoms with Gasteiger partial charge < -0.3 is 24.4 Å². The zero-order valence-corrected chi connectivity index (χ0v) is 18.5. The van der Waals surface area contributed by atoms with E-state index in [1.165, 1.54) is 17.0 Å². The number of fused-ring (bicyclic) bond motifs is 2. The van der Waals surface area contributed by atoms with Crippen LogP contribution < -0.4 is 9.64 Å². The van der Waals surface area contributed by atoms with Crippen molar-refractivity contribution < 1.29 is 28.6 Å². The second kappa shape index (κ2) is 7.41. The van der Waals surface area contributed by atoms with E-state index in [-0.39, 0.29) is 12.5 Å². The maximum absolute atomic E-state index is 15.0. The Morgan fingerprint density at radius 1 is 1.20 bits per heavy atom. The molecule has 2 heterocycles. The van der Waals surface area contributed by atoms with E-state index in [1.54, 1.807) is 46.6 Å². The Kier molecular flexibility index (Phi) is 5.52. The van der Waals surface area contributed by atoms with Crippen LogP contribution in [0.25, 0.3) is 0 Å². The monoisotopic (exact) mass is 422 g/mol. The van der Waals surface area contributed by atoms with Gasteiger partial charge in [-0.05, 0) is 59.6 Å². The van der Waals surface area contributed by atoms with Gasteiger partial charge in [-0.25, -0.2) is 9.18 Å². The van der Waals surface area contributed by atoms with Crippen LogP contribution in [0.4, 0.5) is 14.9 Å². The van der Waals surface area contributed by atoms with Crippen LogP contribution in [0, 0.1) is 5.82 Å². The number of amides is 2. The first-order chi connectivity index (χ1) is 13.8. The highest BCUT2D eigenvalue weighted by Gasteiger charge is 2.54. The summed E-state index contributed by atoms with van der Waals surface area (Å²) in [4.78, 5) is 28.7. The van der Waals surface area contributed by atoms with Crippen LogP contribution in [0.1, 0.15) is 53.0 Å². The fourth-order valence-electron chi connectivity index (χ4n) is 4.10. The lowest BCUT2D eigenvalue weighted by Gasteiger charge is -2.38. The highest BCUT2D eigenvalue weighted by atomic mass is 19.1. The van der Waals surface area contributed by atoms with Crippen LogP contribution in [0.15, 0.2) is 12.1 Å². The SMILES string of the molecule is CN1C(=O)C2(CCN(C(=O)OC(C)(C)C)CC2)c2c(F)ccc(OCC(C)(C)O)c21. The molecule has 0 aliphatic carbocycles. The number of piperidine rings is 1. The van der Waals surface area contributed by atoms with E-state index >= 15 is 4.39 Å². The van der Waals surface area contributed by atoms with Gasteiger partial charge in [0.15, 0.2) is 0 Å². The van der Waals surface area contributed by atoms with Crippen LogP contribution in [0.2, 0.25) is 0 Å². The lowest BCUT2D eigenvalue weighted by atomic mass is 9.73. The summed E-state index contributed by atoms with van der Waals surface area (Å²) in [6.07, 6.45) is 0.168. The van der Waals surface area contributed by atoms with E-state index in [0.717, 1.165) is 0 Å². The molecule has 0 radical (unpaired) electrons. The number of likely N-dealkylation sites (tertiary alicyclic amines) is 1. The molecule has 1 N–H and O–H groups in total. The number of hydrogen-bond donors (Lipinski definition) is 1. The second-order valence-corrected chi connectivity index (χ2v) is 9.78. The van der Waals surface area contributed by atoms with Crippen LogP contribution in [-0.4, -0.2) is 60.0 Å². The first-order valence-corrected chi connectivity index (χ1v) is 10.2. The Morgan fingerprint density at radius 3 is 2.33 bits per heavy atom. The summed E-state index contributed by atoms with van der Waals surface area (Å²) in [6.45, 7) is 9.21. The smallest absolute Gasteiger partial charge is 0.410 e. The molecule has 0 aromatic heterocycles. The van der Waals surface area contributed by atoms with Gasteiger partial charge in [-0.15, -0.1) is 0 Å². The number of carbonyl (C=O) groups is 2. The number of rotatable bonds is 3. The molecule has 3 rings (SSSR count). The minimum absolute atomic E-state index is 0.00647. The molecule has 1 aromatic rings. The Labute approximate surface area is 176 Å². The first kappa shape index (κ1) is 22.3. The van der Waals surface area contributed by atoms with Gasteiger partial charge in [0.1, 0.15) is 23.8 Å². The third-order valence-electron chi connectivity index (χ3n) is 5.47. The van der Waals surface area contributed by atoms with Crippen molar-refractivity contribution in [2.75, 3.05) is 31.6 Å². The number of benzene rings is 1. The molecule has 1 saturated heterocycles. The minimum Gasteiger partial charge on any atom is -0.488 e. The number of likely N-dealkylation sites (N-methyl/N-ethyl adjacent to an activating group) is 1. The molecule has 1 fully saturated rings. The molecule has 0 unspecified atom stereocenters. The highest BCUT2D eigenvalue weighted by molar-refractivity contribution is 6.09. The van der Waals surface area contributed by atoms with Crippen molar-refractivity contribution in [1.82, 2.24) is 4.90 Å². The molecular formula is C22H31FN2O5. The van der Waals surface area contributed by atoms with Gasteiger partial charge in [0.05, 0.1) is 16.7 Å². The van der Waals surface area contributed by atoms with Gasteiger partial charge in [-0.1, -0.05) is 0 Å². The zero-order chi connectivity index (χ0) is 22.5. The number of ether oxygens (including phenoxy) is 2. The summed E-state index contributed by atoms with van der Waals surface area (Å²) < 4.78 is 26.2. The van der Waals surface area contributed by atoms with Crippen LogP contribution in [0.5, 0.6) is 5.75 Å². The number of aliphatic hydroxyl groups is 1. The van der Waals surface area contributed by atoms with Crippen molar-refractivity contribution >= 4 is 17.7 Å². The maximum atomic E-state index is 15.0. The summed E-state index contributed by atoms with van der Waals surface area (Å²) >= 11 is 0. The molecule has 2 aliphatic rings. The molecular weight excluding hydrogens is 391 g/mol. The number of halogens is 1. The normalized spacial score (nSPS) is 18.6. The van der Waals surface area contributed by atoms with Gasteiger partial charge in [0.2, 0.25) is 5.91 Å². The fraction of sp³-hybridized carbons (Fsp3) is 0.636. The summed E-state index contributed by atoms with van der Waals surface area (Å²) in [5.74, 6) is -0.320. The second-order valence-electron chi connectivity index (χ2n) is 9.78. The van der Waals surface area contributed by atoms with Crippen molar-refractivity contribution in [3.63, 3.8) is 0 Å². The lowest BCUT2D eigenvalue weighted by molar-refractivity contribution is -0.124. The van der Waals surface area contributed by atoms with Gasteiger partial charge >= 0.3 is 6.09 Å². The Morgan fingerprint density at radius 2 is 1.80 bits per heavy atom. The van der Waals surface area contributed by atoms with Crippen LogP contribution >= 0.6 is 0 Å². The Balaban J connectivity index is 1.89. The predicted molar refractivity (Wildman–Crippen MR) is 110 cm³/mol. The van der Waals surface area contributed by atoms with E-state index in [1.807, 2.05) is 0 Å². The fourth-order valence-corrected chi connectivity index (χ4v) is 4.10. The minimum atomic E-state index is -1.07. The largest absolute Gasteiger partial charge is 0.488 e. The number of anilines is 1. The molecule has 7 nitrogen and oxygen atoms in total. The molecule has 0 bridgehead atoms. The molecule has 30 heavy (non-hydrogen) atoms. The van der Waals surface area contributed by atoms with Crippen molar-refractivity contribution in [1.29, 1.82) is 0 Å². The number of hydrogen-bond acceptors (Lipinski definition) is 5. The summed E-state index contributed by atoms with van der Waals surface area (Å²) in [5, 5.41) is 9.97. The highest BCUT2D eigenvalue weighted by Crippen LogP contribution is 2.52. The van der Waals surface area contributed by atoms with Crippen molar-refractivity contribution in [3.8, 4) is 5.75 Å². The summed E-state index contributed by atoms with van der Waals surface area (Å²) in [7, 11) is 1.60. The predicted octanol–water partition coefficient (Wildman–Crippen LogP) is 3.22. The van der Waals surface area contributed by atoms with Gasteiger partial charge in [0, 0.05) is 25.7 Å². The van der Waals surface area contributed by atoms with E-state index in [0.29, 0.717) is 42.9 Å². The quantitative estimate of drug-likeness (QED) is 0.809. The molecule has 0 atom stereocenters. The van der Waals surface area contributed by atoms with Crippen molar-refractivity contribution in [3.05, 3.63) is 23.5 Å². The number of carbonyl (C=O) groups excluding carboxylic acids is 2. The van der Waals surface area contributed by atoms with E-state index < -0.39 is 28.5 Å². The third-order valence-corrected chi connectivity index (χ3v) is 5.47. The van der Waals surface area contributed by atoms with Crippen LogP contribution in [0.3, 0.4) is 0 Å². The van der Waals surface area contributed by atoms with Gasteiger partial charge in [0.25, 0.3) is 0 Å². The van der Waals surface area contributed by atoms with E-state index in [2.05, 4.69) is 0 Å². The average molecular weight is 422 g/mol. The molecule has 1 spiro atoms. The maximum Gasteiger partial charge on any atom is 0.410 e. The molecule has 8 heteroatoms. The molecule has 2 aliphatic heterocycles. The lowest BCUT2D eigenvalue weighted by Crippen LogP contribution is -2.50. The molecule has 0 saturated carbocycles. The van der Waals surface area contributed by atoms with Gasteiger partial charge in [-0.2, -0.15) is 0 Å². The molecule has 166 valence electrons. The third kappa shape index (κ3) is 4.10. The molecule has 2 amide bonds. The Hall–Kier alpha value is -2.35. The van der Waals surface area contributed by atoms with Crippen molar-refractivity contribution in [2.45, 2.75) is 64.1 Å². The zero-order valence-electron chi connectivity index (χ0n) is 18.5. The van der Waals surface area contributed by atoms with Gasteiger partial charge in [-0.3, -0.25) is 4.79 Å². The van der Waals surface area contributed by atoms with E-state index in [9.17, 15) is 14.7 Å². The standard InChI is InChI=1S/C22H31FN2O5/c1-20(2,3)30-19(27)25-11-9-22(10-12-25)16-14(23)7-8-15(29-13-21(4,5)28)17(16)24(6)18(22)26/h7-8,28H,9-13H2,1-6H3. The average Bonchev–Trinajstić information content (AvgIpc) is 2.83. The topological polar surface area (TPSA) is 79.3 Å². The first-order valence-electron chi connectivity index (χ1n) is 10.2. The summed E-state index contributed by atoms with van der Waals surface area (Å²) in [6, 6.07) is 2.78. The number of nitrogens with zero attached hydrogens (tertiary/aromatic N) is 2. The van der Waals surface area contributed by atoms with Crippen LogP contribution in [-0.2, 0) is 14.9 Å². The Bertz CT molecular complexity index is 848. The van der Waals surface area contributed by atoms with E-state index in [4.69, 9.17) is 9.47 Å².